The van der Waals surface area contributed by atoms with E-state index in [1.54, 1.807) is 0 Å². The second kappa shape index (κ2) is 5.38. The smallest absolute Gasteiger partial charge is 0.171 e. The standard InChI is InChI=1S/C15H20O5/c1-5-6-7-9(17)10-11(18)14(2,3)13(20)15(4,8-16)12(10)19/h8,10H,5-7H2,1-4H3. The molecule has 0 N–H and O–H groups in total. The van der Waals surface area contributed by atoms with Gasteiger partial charge >= 0.3 is 0 Å². The van der Waals surface area contributed by atoms with Crippen molar-refractivity contribution in [3.05, 3.63) is 0 Å². The number of Topliss-reactive ketones (excluding diaryl/α,β-unsaturated/α-hetero) is 4. The van der Waals surface area contributed by atoms with E-state index in [1.807, 2.05) is 6.92 Å². The molecule has 1 aliphatic carbocycles. The monoisotopic (exact) mass is 280 g/mol. The summed E-state index contributed by atoms with van der Waals surface area (Å²) in [5.74, 6) is -4.26. The highest BCUT2D eigenvalue weighted by Gasteiger charge is 2.61. The Morgan fingerprint density at radius 3 is 2.15 bits per heavy atom. The molecular weight excluding hydrogens is 260 g/mol. The second-order valence-electron chi connectivity index (χ2n) is 6.01. The van der Waals surface area contributed by atoms with Crippen molar-refractivity contribution in [2.45, 2.75) is 47.0 Å². The maximum Gasteiger partial charge on any atom is 0.171 e. The van der Waals surface area contributed by atoms with Gasteiger partial charge in [-0.25, -0.2) is 0 Å². The summed E-state index contributed by atoms with van der Waals surface area (Å²) in [7, 11) is 0. The molecule has 0 aromatic rings. The first-order valence-electron chi connectivity index (χ1n) is 6.77. The molecule has 0 heterocycles. The summed E-state index contributed by atoms with van der Waals surface area (Å²) in [6.45, 7) is 5.82. The van der Waals surface area contributed by atoms with E-state index in [0.717, 1.165) is 6.42 Å². The number of aldehydes is 1. The Morgan fingerprint density at radius 1 is 1.15 bits per heavy atom. The average Bonchev–Trinajstić information content (AvgIpc) is 2.41. The summed E-state index contributed by atoms with van der Waals surface area (Å²) in [5, 5.41) is 0. The van der Waals surface area contributed by atoms with E-state index in [-0.39, 0.29) is 12.7 Å². The van der Waals surface area contributed by atoms with Crippen molar-refractivity contribution in [3.8, 4) is 0 Å². The molecule has 0 aromatic heterocycles. The number of carbonyl (C=O) groups is 5. The van der Waals surface area contributed by atoms with E-state index in [2.05, 4.69) is 0 Å². The van der Waals surface area contributed by atoms with Crippen LogP contribution in [0.1, 0.15) is 47.0 Å². The van der Waals surface area contributed by atoms with Gasteiger partial charge in [0, 0.05) is 6.42 Å². The van der Waals surface area contributed by atoms with E-state index in [9.17, 15) is 24.0 Å². The molecule has 110 valence electrons. The van der Waals surface area contributed by atoms with Crippen LogP contribution in [0.3, 0.4) is 0 Å². The van der Waals surface area contributed by atoms with Gasteiger partial charge in [-0.2, -0.15) is 0 Å². The summed E-state index contributed by atoms with van der Waals surface area (Å²) < 4.78 is 0. The van der Waals surface area contributed by atoms with Crippen molar-refractivity contribution in [1.29, 1.82) is 0 Å². The fraction of sp³-hybridized carbons (Fsp3) is 0.667. The Kier molecular flexibility index (Phi) is 4.42. The first kappa shape index (κ1) is 16.4. The van der Waals surface area contributed by atoms with Gasteiger partial charge in [0.05, 0.1) is 5.41 Å². The van der Waals surface area contributed by atoms with Crippen molar-refractivity contribution in [3.63, 3.8) is 0 Å². The highest BCUT2D eigenvalue weighted by Crippen LogP contribution is 2.40. The van der Waals surface area contributed by atoms with Crippen LogP contribution in [0.4, 0.5) is 0 Å². The van der Waals surface area contributed by atoms with Crippen molar-refractivity contribution in [2.24, 2.45) is 16.7 Å². The highest BCUT2D eigenvalue weighted by molar-refractivity contribution is 6.39. The van der Waals surface area contributed by atoms with Gasteiger partial charge in [0.15, 0.2) is 23.1 Å². The molecule has 0 amide bonds. The lowest BCUT2D eigenvalue weighted by atomic mass is 9.57. The lowest BCUT2D eigenvalue weighted by Gasteiger charge is -2.38. The lowest BCUT2D eigenvalue weighted by Crippen LogP contribution is -2.61. The van der Waals surface area contributed by atoms with E-state index in [1.165, 1.54) is 20.8 Å². The Morgan fingerprint density at radius 2 is 1.70 bits per heavy atom. The van der Waals surface area contributed by atoms with Crippen molar-refractivity contribution < 1.29 is 24.0 Å². The van der Waals surface area contributed by atoms with Gasteiger partial charge in [-0.05, 0) is 27.2 Å². The third kappa shape index (κ3) is 2.25. The van der Waals surface area contributed by atoms with Crippen LogP contribution in [-0.4, -0.2) is 29.4 Å². The molecule has 1 fully saturated rings. The van der Waals surface area contributed by atoms with Crippen molar-refractivity contribution in [2.75, 3.05) is 0 Å². The molecular formula is C15H20O5. The Balaban J connectivity index is 3.28. The zero-order chi connectivity index (χ0) is 15.7. The third-order valence-corrected chi connectivity index (χ3v) is 4.03. The number of ketones is 4. The zero-order valence-corrected chi connectivity index (χ0v) is 12.3. The lowest BCUT2D eigenvalue weighted by molar-refractivity contribution is -0.162. The van der Waals surface area contributed by atoms with Crippen LogP contribution in [0.25, 0.3) is 0 Å². The molecule has 2 atom stereocenters. The first-order chi connectivity index (χ1) is 9.14. The summed E-state index contributed by atoms with van der Waals surface area (Å²) in [4.78, 5) is 60.1. The first-order valence-corrected chi connectivity index (χ1v) is 6.77. The van der Waals surface area contributed by atoms with Gasteiger partial charge in [-0.1, -0.05) is 13.3 Å². The molecule has 20 heavy (non-hydrogen) atoms. The molecule has 1 aliphatic rings. The SMILES string of the molecule is CCCCC(=O)C1C(=O)C(C)(C)C(=O)C(C)(C=O)C1=O. The fourth-order valence-corrected chi connectivity index (χ4v) is 2.55. The van der Waals surface area contributed by atoms with Crippen LogP contribution in [0.15, 0.2) is 0 Å². The molecule has 0 bridgehead atoms. The minimum atomic E-state index is -1.90. The summed E-state index contributed by atoms with van der Waals surface area (Å²) in [6, 6.07) is 0. The van der Waals surface area contributed by atoms with Crippen molar-refractivity contribution in [1.82, 2.24) is 0 Å². The number of rotatable bonds is 5. The molecule has 5 nitrogen and oxygen atoms in total. The van der Waals surface area contributed by atoms with Crippen LogP contribution < -0.4 is 0 Å². The van der Waals surface area contributed by atoms with Gasteiger partial charge in [0.25, 0.3) is 0 Å². The molecule has 0 radical (unpaired) electrons. The largest absolute Gasteiger partial charge is 0.302 e. The van der Waals surface area contributed by atoms with E-state index in [0.29, 0.717) is 6.42 Å². The molecule has 0 aliphatic heterocycles. The Labute approximate surface area is 118 Å². The normalized spacial score (nSPS) is 29.4. The number of hydrogen-bond donors (Lipinski definition) is 0. The highest BCUT2D eigenvalue weighted by atomic mass is 16.2. The van der Waals surface area contributed by atoms with Crippen LogP contribution in [0.2, 0.25) is 0 Å². The van der Waals surface area contributed by atoms with Gasteiger partial charge in [0.2, 0.25) is 0 Å². The predicted molar refractivity (Wildman–Crippen MR) is 71.0 cm³/mol. The summed E-state index contributed by atoms with van der Waals surface area (Å²) in [5.41, 5.74) is -3.39. The second-order valence-corrected chi connectivity index (χ2v) is 6.01. The van der Waals surface area contributed by atoms with Crippen LogP contribution in [0, 0.1) is 16.7 Å². The molecule has 1 rings (SSSR count). The topological polar surface area (TPSA) is 85.3 Å². The number of hydrogen-bond acceptors (Lipinski definition) is 5. The summed E-state index contributed by atoms with van der Waals surface area (Å²) >= 11 is 0. The molecule has 0 spiro atoms. The zero-order valence-electron chi connectivity index (χ0n) is 12.3. The van der Waals surface area contributed by atoms with E-state index < -0.39 is 39.9 Å². The number of unbranched alkanes of at least 4 members (excludes halogenated alkanes) is 1. The predicted octanol–water partition coefficient (Wildman–Crippen LogP) is 1.31. The van der Waals surface area contributed by atoms with Gasteiger partial charge in [0.1, 0.15) is 17.6 Å². The maximum atomic E-state index is 12.3. The minimum absolute atomic E-state index is 0.109. The summed E-state index contributed by atoms with van der Waals surface area (Å²) in [6.07, 6.45) is 1.69. The van der Waals surface area contributed by atoms with Crippen molar-refractivity contribution >= 4 is 29.4 Å². The van der Waals surface area contributed by atoms with E-state index in [4.69, 9.17) is 0 Å². The van der Waals surface area contributed by atoms with Gasteiger partial charge in [-0.3, -0.25) is 19.2 Å². The molecule has 0 aromatic carbocycles. The Bertz CT molecular complexity index is 488. The van der Waals surface area contributed by atoms with Crippen LogP contribution >= 0.6 is 0 Å². The third-order valence-electron chi connectivity index (χ3n) is 4.03. The molecule has 0 saturated heterocycles. The van der Waals surface area contributed by atoms with Crippen LogP contribution in [0.5, 0.6) is 0 Å². The minimum Gasteiger partial charge on any atom is -0.302 e. The molecule has 1 saturated carbocycles. The van der Waals surface area contributed by atoms with Gasteiger partial charge in [-0.15, -0.1) is 0 Å². The van der Waals surface area contributed by atoms with Crippen LogP contribution in [-0.2, 0) is 24.0 Å². The molecule has 5 heteroatoms. The van der Waals surface area contributed by atoms with E-state index >= 15 is 0 Å². The maximum absolute atomic E-state index is 12.3. The van der Waals surface area contributed by atoms with Gasteiger partial charge < -0.3 is 4.79 Å². The number of carbonyl (C=O) groups excluding carboxylic acids is 5. The molecule has 2 unspecified atom stereocenters. The quantitative estimate of drug-likeness (QED) is 0.560. The fourth-order valence-electron chi connectivity index (χ4n) is 2.55. The average molecular weight is 280 g/mol. The Hall–Kier alpha value is -1.65.